The topological polar surface area (TPSA) is 50.4 Å². The summed E-state index contributed by atoms with van der Waals surface area (Å²) in [6.07, 6.45) is 3.90. The van der Waals surface area contributed by atoms with Crippen molar-refractivity contribution in [2.45, 2.75) is 13.0 Å². The summed E-state index contributed by atoms with van der Waals surface area (Å²) in [5, 5.41) is 9.94. The Bertz CT molecular complexity index is 722. The Morgan fingerprint density at radius 3 is 2.63 bits per heavy atom. The molecular weight excluding hydrogens is 245 g/mol. The Hall–Kier alpha value is -2.27. The van der Waals surface area contributed by atoms with Crippen LogP contribution in [0.15, 0.2) is 42.9 Å². The normalized spacial score (nSPS) is 12.8. The first-order valence-corrected chi connectivity index (χ1v) is 5.93. The molecule has 1 atom stereocenters. The highest BCUT2D eigenvalue weighted by Gasteiger charge is 2.18. The molecule has 1 unspecified atom stereocenters. The van der Waals surface area contributed by atoms with Crippen molar-refractivity contribution in [3.05, 3.63) is 54.4 Å². The second-order valence-electron chi connectivity index (χ2n) is 4.33. The Morgan fingerprint density at radius 2 is 1.95 bits per heavy atom. The number of imidazole rings is 1. The number of aliphatic hydroxyl groups excluding tert-OH is 1. The Balaban J connectivity index is 2.33. The second-order valence-corrected chi connectivity index (χ2v) is 4.33. The predicted octanol–water partition coefficient (Wildman–Crippen LogP) is 2.59. The van der Waals surface area contributed by atoms with E-state index in [1.165, 1.54) is 12.3 Å². The Labute approximate surface area is 109 Å². The van der Waals surface area contributed by atoms with Crippen molar-refractivity contribution in [2.75, 3.05) is 0 Å². The van der Waals surface area contributed by atoms with Crippen LogP contribution in [0.1, 0.15) is 18.7 Å². The largest absolute Gasteiger partial charge is 0.387 e. The van der Waals surface area contributed by atoms with Gasteiger partial charge in [-0.1, -0.05) is 0 Å². The average Bonchev–Trinajstić information content (AvgIpc) is 2.78. The lowest BCUT2D eigenvalue weighted by Crippen LogP contribution is -2.00. The first-order valence-electron chi connectivity index (χ1n) is 5.93. The zero-order valence-electron chi connectivity index (χ0n) is 10.3. The van der Waals surface area contributed by atoms with Crippen molar-refractivity contribution in [1.82, 2.24) is 14.4 Å². The number of aliphatic hydroxyl groups is 1. The predicted molar refractivity (Wildman–Crippen MR) is 69.0 cm³/mol. The highest BCUT2D eigenvalue weighted by atomic mass is 19.1. The van der Waals surface area contributed by atoms with Gasteiger partial charge in [0, 0.05) is 24.2 Å². The summed E-state index contributed by atoms with van der Waals surface area (Å²) in [6, 6.07) is 6.56. The Morgan fingerprint density at radius 1 is 1.21 bits per heavy atom. The van der Waals surface area contributed by atoms with Crippen molar-refractivity contribution >= 4 is 5.65 Å². The molecule has 0 amide bonds. The fourth-order valence-corrected chi connectivity index (χ4v) is 2.16. The van der Waals surface area contributed by atoms with E-state index in [1.54, 1.807) is 29.8 Å². The van der Waals surface area contributed by atoms with Gasteiger partial charge in [0.2, 0.25) is 0 Å². The lowest BCUT2D eigenvalue weighted by Gasteiger charge is -2.07. The van der Waals surface area contributed by atoms with Crippen molar-refractivity contribution in [2.24, 2.45) is 0 Å². The number of fused-ring (bicyclic) bond motifs is 1. The smallest absolute Gasteiger partial charge is 0.139 e. The minimum Gasteiger partial charge on any atom is -0.387 e. The molecule has 3 rings (SSSR count). The van der Waals surface area contributed by atoms with Gasteiger partial charge in [-0.25, -0.2) is 9.37 Å². The van der Waals surface area contributed by atoms with Gasteiger partial charge in [0.15, 0.2) is 0 Å². The monoisotopic (exact) mass is 257 g/mol. The standard InChI is InChI=1S/C14H12FN3O/c1-9(19)14-13(10-4-6-16-7-5-10)17-12-3-2-11(15)8-18(12)14/h2-9,19H,1H3. The summed E-state index contributed by atoms with van der Waals surface area (Å²) in [5.74, 6) is -0.368. The maximum absolute atomic E-state index is 13.4. The summed E-state index contributed by atoms with van der Waals surface area (Å²) < 4.78 is 14.9. The quantitative estimate of drug-likeness (QED) is 0.767. The van der Waals surface area contributed by atoms with E-state index in [9.17, 15) is 9.50 Å². The van der Waals surface area contributed by atoms with Gasteiger partial charge in [0.25, 0.3) is 0 Å². The van der Waals surface area contributed by atoms with Crippen LogP contribution in [0.25, 0.3) is 16.9 Å². The van der Waals surface area contributed by atoms with E-state index in [0.717, 1.165) is 5.56 Å². The van der Waals surface area contributed by atoms with E-state index in [2.05, 4.69) is 9.97 Å². The number of hydrogen-bond donors (Lipinski definition) is 1. The molecule has 4 nitrogen and oxygen atoms in total. The van der Waals surface area contributed by atoms with Gasteiger partial charge in [-0.15, -0.1) is 0 Å². The molecule has 1 N–H and O–H groups in total. The molecule has 3 heterocycles. The molecule has 0 aliphatic carbocycles. The molecule has 0 aromatic carbocycles. The highest BCUT2D eigenvalue weighted by Crippen LogP contribution is 2.28. The van der Waals surface area contributed by atoms with Crippen molar-refractivity contribution in [1.29, 1.82) is 0 Å². The molecule has 0 aliphatic heterocycles. The van der Waals surface area contributed by atoms with E-state index in [0.29, 0.717) is 17.0 Å². The van der Waals surface area contributed by atoms with Gasteiger partial charge in [0.05, 0.1) is 17.5 Å². The molecule has 0 bridgehead atoms. The number of pyridine rings is 2. The van der Waals surface area contributed by atoms with Gasteiger partial charge >= 0.3 is 0 Å². The molecule has 0 saturated carbocycles. The fraction of sp³-hybridized carbons (Fsp3) is 0.143. The molecule has 3 aromatic heterocycles. The average molecular weight is 257 g/mol. The third-order valence-corrected chi connectivity index (χ3v) is 2.97. The van der Waals surface area contributed by atoms with Crippen LogP contribution >= 0.6 is 0 Å². The number of rotatable bonds is 2. The molecule has 5 heteroatoms. The van der Waals surface area contributed by atoms with Crippen LogP contribution in [0.4, 0.5) is 4.39 Å². The van der Waals surface area contributed by atoms with Crippen molar-refractivity contribution < 1.29 is 9.50 Å². The van der Waals surface area contributed by atoms with Gasteiger partial charge in [-0.05, 0) is 31.2 Å². The number of nitrogens with zero attached hydrogens (tertiary/aromatic N) is 3. The van der Waals surface area contributed by atoms with Crippen LogP contribution in [-0.2, 0) is 0 Å². The maximum atomic E-state index is 13.4. The molecule has 0 spiro atoms. The molecule has 0 aliphatic rings. The van der Waals surface area contributed by atoms with E-state index in [-0.39, 0.29) is 5.82 Å². The lowest BCUT2D eigenvalue weighted by atomic mass is 10.1. The van der Waals surface area contributed by atoms with E-state index >= 15 is 0 Å². The summed E-state index contributed by atoms with van der Waals surface area (Å²) >= 11 is 0. The lowest BCUT2D eigenvalue weighted by molar-refractivity contribution is 0.194. The Kier molecular flexibility index (Phi) is 2.76. The van der Waals surface area contributed by atoms with Crippen LogP contribution in [0.5, 0.6) is 0 Å². The van der Waals surface area contributed by atoms with Crippen molar-refractivity contribution in [3.63, 3.8) is 0 Å². The minimum absolute atomic E-state index is 0.368. The minimum atomic E-state index is -0.750. The van der Waals surface area contributed by atoms with Gasteiger partial charge in [0.1, 0.15) is 11.5 Å². The van der Waals surface area contributed by atoms with E-state index < -0.39 is 6.10 Å². The molecular formula is C14H12FN3O. The number of hydrogen-bond acceptors (Lipinski definition) is 3. The zero-order valence-corrected chi connectivity index (χ0v) is 10.3. The van der Waals surface area contributed by atoms with Crippen LogP contribution in [0, 0.1) is 5.82 Å². The fourth-order valence-electron chi connectivity index (χ4n) is 2.16. The second kappa shape index (κ2) is 4.44. The van der Waals surface area contributed by atoms with Crippen LogP contribution in [0.2, 0.25) is 0 Å². The molecule has 19 heavy (non-hydrogen) atoms. The third kappa shape index (κ3) is 1.98. The molecule has 0 saturated heterocycles. The van der Waals surface area contributed by atoms with Crippen LogP contribution < -0.4 is 0 Å². The zero-order chi connectivity index (χ0) is 13.4. The van der Waals surface area contributed by atoms with E-state index in [4.69, 9.17) is 0 Å². The van der Waals surface area contributed by atoms with Gasteiger partial charge in [-0.2, -0.15) is 0 Å². The number of aromatic nitrogens is 3. The maximum Gasteiger partial charge on any atom is 0.139 e. The van der Waals surface area contributed by atoms with Gasteiger partial charge < -0.3 is 5.11 Å². The first-order chi connectivity index (χ1) is 9.16. The summed E-state index contributed by atoms with van der Waals surface area (Å²) in [7, 11) is 0. The van der Waals surface area contributed by atoms with Crippen LogP contribution in [-0.4, -0.2) is 19.5 Å². The third-order valence-electron chi connectivity index (χ3n) is 2.97. The first kappa shape index (κ1) is 11.8. The molecule has 3 aromatic rings. The van der Waals surface area contributed by atoms with E-state index in [1.807, 2.05) is 12.1 Å². The summed E-state index contributed by atoms with van der Waals surface area (Å²) in [6.45, 7) is 1.64. The van der Waals surface area contributed by atoms with Crippen LogP contribution in [0.3, 0.4) is 0 Å². The molecule has 0 radical (unpaired) electrons. The molecule has 0 fully saturated rings. The van der Waals surface area contributed by atoms with Crippen molar-refractivity contribution in [3.8, 4) is 11.3 Å². The number of halogens is 1. The summed E-state index contributed by atoms with van der Waals surface area (Å²) in [5.41, 5.74) is 2.66. The highest BCUT2D eigenvalue weighted by molar-refractivity contribution is 5.66. The van der Waals surface area contributed by atoms with Gasteiger partial charge in [-0.3, -0.25) is 9.38 Å². The molecule has 96 valence electrons. The summed E-state index contributed by atoms with van der Waals surface area (Å²) in [4.78, 5) is 8.41. The SMILES string of the molecule is CC(O)c1c(-c2ccncc2)nc2ccc(F)cn12.